The molecule has 0 unspecified atom stereocenters. The second-order valence-electron chi connectivity index (χ2n) is 4.85. The van der Waals surface area contributed by atoms with Gasteiger partial charge in [-0.05, 0) is 18.2 Å². The Hall–Kier alpha value is -2.40. The number of ether oxygens (including phenoxy) is 1. The van der Waals surface area contributed by atoms with E-state index in [-0.39, 0.29) is 0 Å². The molecule has 0 aliphatic carbocycles. The van der Waals surface area contributed by atoms with E-state index in [0.717, 1.165) is 22.4 Å². The summed E-state index contributed by atoms with van der Waals surface area (Å²) >= 11 is 0. The van der Waals surface area contributed by atoms with E-state index in [0.29, 0.717) is 19.0 Å². The molecule has 0 saturated heterocycles. The lowest BCUT2D eigenvalue weighted by atomic mass is 10.2. The number of pyridine rings is 1. The minimum Gasteiger partial charge on any atom is -0.481 e. The summed E-state index contributed by atoms with van der Waals surface area (Å²) in [5.74, 6) is 1.68. The summed E-state index contributed by atoms with van der Waals surface area (Å²) < 4.78 is 7.36. The summed E-state index contributed by atoms with van der Waals surface area (Å²) in [5, 5.41) is 3.39. The highest BCUT2D eigenvalue weighted by molar-refractivity contribution is 5.75. The van der Waals surface area contributed by atoms with Gasteiger partial charge >= 0.3 is 0 Å². The number of imidazole rings is 1. The van der Waals surface area contributed by atoms with E-state index in [1.165, 1.54) is 0 Å². The molecule has 0 saturated carbocycles. The minimum atomic E-state index is 0.662. The Morgan fingerprint density at radius 1 is 1.14 bits per heavy atom. The highest BCUT2D eigenvalue weighted by atomic mass is 16.5. The number of para-hydroxylation sites is 2. The molecule has 5 nitrogen and oxygen atoms in total. The first-order valence-electron chi connectivity index (χ1n) is 6.88. The molecule has 0 radical (unpaired) electrons. The summed E-state index contributed by atoms with van der Waals surface area (Å²) in [6.07, 6.45) is 1.73. The summed E-state index contributed by atoms with van der Waals surface area (Å²) in [6, 6.07) is 12.1. The molecule has 0 fully saturated rings. The Bertz CT molecular complexity index is 751. The fourth-order valence-corrected chi connectivity index (χ4v) is 2.40. The van der Waals surface area contributed by atoms with Crippen molar-refractivity contribution in [3.8, 4) is 5.88 Å². The van der Waals surface area contributed by atoms with Gasteiger partial charge in [0.05, 0.1) is 24.7 Å². The number of methoxy groups -OCH3 is 1. The lowest BCUT2D eigenvalue weighted by Gasteiger charge is -2.08. The molecule has 0 aliphatic heterocycles. The van der Waals surface area contributed by atoms with Crippen molar-refractivity contribution in [1.29, 1.82) is 0 Å². The number of nitrogens with one attached hydrogen (secondary N) is 1. The van der Waals surface area contributed by atoms with Crippen molar-refractivity contribution in [2.45, 2.75) is 13.1 Å². The van der Waals surface area contributed by atoms with Gasteiger partial charge in [-0.25, -0.2) is 9.97 Å². The molecule has 2 heterocycles. The van der Waals surface area contributed by atoms with Crippen molar-refractivity contribution in [2.24, 2.45) is 7.05 Å². The average molecular weight is 282 g/mol. The average Bonchev–Trinajstić information content (AvgIpc) is 2.85. The van der Waals surface area contributed by atoms with Crippen LogP contribution in [0.15, 0.2) is 42.6 Å². The quantitative estimate of drug-likeness (QED) is 0.780. The zero-order valence-electron chi connectivity index (χ0n) is 12.2. The van der Waals surface area contributed by atoms with Gasteiger partial charge in [-0.15, -0.1) is 0 Å². The van der Waals surface area contributed by atoms with Gasteiger partial charge in [-0.1, -0.05) is 18.2 Å². The summed E-state index contributed by atoms with van der Waals surface area (Å²) in [6.45, 7) is 1.39. The number of hydrogen-bond donors (Lipinski definition) is 1. The third-order valence-corrected chi connectivity index (χ3v) is 3.52. The van der Waals surface area contributed by atoms with Crippen LogP contribution in [0.25, 0.3) is 11.0 Å². The van der Waals surface area contributed by atoms with Crippen LogP contribution in [0, 0.1) is 0 Å². The molecule has 5 heteroatoms. The van der Waals surface area contributed by atoms with Crippen molar-refractivity contribution in [2.75, 3.05) is 7.11 Å². The first kappa shape index (κ1) is 13.6. The molecule has 108 valence electrons. The van der Waals surface area contributed by atoms with Crippen LogP contribution in [0.1, 0.15) is 11.4 Å². The van der Waals surface area contributed by atoms with Gasteiger partial charge in [-0.2, -0.15) is 0 Å². The number of aromatic nitrogens is 3. The van der Waals surface area contributed by atoms with Crippen LogP contribution >= 0.6 is 0 Å². The number of benzene rings is 1. The predicted molar refractivity (Wildman–Crippen MR) is 82.0 cm³/mol. The number of nitrogens with zero attached hydrogens (tertiary/aromatic N) is 3. The van der Waals surface area contributed by atoms with Crippen molar-refractivity contribution in [3.63, 3.8) is 0 Å². The Labute approximate surface area is 123 Å². The van der Waals surface area contributed by atoms with E-state index in [2.05, 4.69) is 25.9 Å². The first-order valence-corrected chi connectivity index (χ1v) is 6.88. The normalized spacial score (nSPS) is 11.0. The number of aryl methyl sites for hydroxylation is 1. The van der Waals surface area contributed by atoms with Crippen LogP contribution in [0.2, 0.25) is 0 Å². The molecule has 1 N–H and O–H groups in total. The molecule has 1 aromatic carbocycles. The summed E-state index contributed by atoms with van der Waals surface area (Å²) in [5.41, 5.74) is 3.21. The Morgan fingerprint density at radius 3 is 2.81 bits per heavy atom. The standard InChI is InChI=1S/C16H18N4O/c1-20-14-8-4-3-7-13(14)19-15(20)11-17-10-12-6-5-9-18-16(12)21-2/h3-9,17H,10-11H2,1-2H3. The summed E-state index contributed by atoms with van der Waals surface area (Å²) in [7, 11) is 3.67. The molecule has 0 amide bonds. The minimum absolute atomic E-state index is 0.662. The maximum absolute atomic E-state index is 5.25. The van der Waals surface area contributed by atoms with Crippen LogP contribution in [0.5, 0.6) is 5.88 Å². The highest BCUT2D eigenvalue weighted by Crippen LogP contribution is 2.15. The van der Waals surface area contributed by atoms with Crippen molar-refractivity contribution < 1.29 is 4.74 Å². The first-order chi connectivity index (χ1) is 10.3. The largest absolute Gasteiger partial charge is 0.481 e. The summed E-state index contributed by atoms with van der Waals surface area (Å²) in [4.78, 5) is 8.83. The van der Waals surface area contributed by atoms with E-state index in [4.69, 9.17) is 4.74 Å². The van der Waals surface area contributed by atoms with Gasteiger partial charge in [0.2, 0.25) is 5.88 Å². The van der Waals surface area contributed by atoms with Crippen molar-refractivity contribution in [3.05, 3.63) is 54.0 Å². The molecule has 2 aromatic heterocycles. The maximum atomic E-state index is 5.25. The number of hydrogen-bond acceptors (Lipinski definition) is 4. The fraction of sp³-hybridized carbons (Fsp3) is 0.250. The number of rotatable bonds is 5. The van der Waals surface area contributed by atoms with Crippen LogP contribution in [0.4, 0.5) is 0 Å². The molecular formula is C16H18N4O. The third-order valence-electron chi connectivity index (χ3n) is 3.52. The molecule has 3 aromatic rings. The van der Waals surface area contributed by atoms with Gasteiger partial charge in [-0.3, -0.25) is 0 Å². The molecule has 0 aliphatic rings. The molecule has 3 rings (SSSR count). The molecule has 21 heavy (non-hydrogen) atoms. The van der Waals surface area contributed by atoms with Gasteiger partial charge in [0.25, 0.3) is 0 Å². The van der Waals surface area contributed by atoms with E-state index in [9.17, 15) is 0 Å². The van der Waals surface area contributed by atoms with Crippen LogP contribution in [-0.4, -0.2) is 21.6 Å². The maximum Gasteiger partial charge on any atom is 0.217 e. The monoisotopic (exact) mass is 282 g/mol. The van der Waals surface area contributed by atoms with Crippen LogP contribution < -0.4 is 10.1 Å². The van der Waals surface area contributed by atoms with E-state index >= 15 is 0 Å². The Morgan fingerprint density at radius 2 is 2.00 bits per heavy atom. The molecular weight excluding hydrogens is 264 g/mol. The van der Waals surface area contributed by atoms with Crippen LogP contribution in [0.3, 0.4) is 0 Å². The van der Waals surface area contributed by atoms with Gasteiger partial charge in [0, 0.05) is 25.4 Å². The van der Waals surface area contributed by atoms with Crippen LogP contribution in [-0.2, 0) is 20.1 Å². The van der Waals surface area contributed by atoms with Gasteiger partial charge in [0.15, 0.2) is 0 Å². The lowest BCUT2D eigenvalue weighted by molar-refractivity contribution is 0.390. The highest BCUT2D eigenvalue weighted by Gasteiger charge is 2.07. The smallest absolute Gasteiger partial charge is 0.217 e. The molecule has 0 spiro atoms. The fourth-order valence-electron chi connectivity index (χ4n) is 2.40. The predicted octanol–water partition coefficient (Wildman–Crippen LogP) is 2.27. The second kappa shape index (κ2) is 5.93. The Balaban J connectivity index is 1.71. The number of fused-ring (bicyclic) bond motifs is 1. The van der Waals surface area contributed by atoms with E-state index in [1.54, 1.807) is 13.3 Å². The van der Waals surface area contributed by atoms with Gasteiger partial charge < -0.3 is 14.6 Å². The second-order valence-corrected chi connectivity index (χ2v) is 4.85. The SMILES string of the molecule is COc1ncccc1CNCc1nc2ccccc2n1C. The van der Waals surface area contributed by atoms with Crippen molar-refractivity contribution in [1.82, 2.24) is 19.9 Å². The van der Waals surface area contributed by atoms with E-state index < -0.39 is 0 Å². The lowest BCUT2D eigenvalue weighted by Crippen LogP contribution is -2.16. The molecule has 0 bridgehead atoms. The van der Waals surface area contributed by atoms with Crippen molar-refractivity contribution >= 4 is 11.0 Å². The zero-order valence-corrected chi connectivity index (χ0v) is 12.2. The Kier molecular flexibility index (Phi) is 3.83. The topological polar surface area (TPSA) is 52.0 Å². The third kappa shape index (κ3) is 2.73. The zero-order chi connectivity index (χ0) is 14.7. The van der Waals surface area contributed by atoms with E-state index in [1.807, 2.05) is 37.4 Å². The molecule has 0 atom stereocenters. The van der Waals surface area contributed by atoms with Gasteiger partial charge in [0.1, 0.15) is 5.82 Å².